The molecule has 0 bridgehead atoms. The molecule has 1 aromatic heterocycles. The molecule has 0 spiro atoms. The van der Waals surface area contributed by atoms with Crippen LogP contribution >= 0.6 is 11.3 Å². The Morgan fingerprint density at radius 2 is 2.27 bits per heavy atom. The number of aromatic nitrogens is 1. The topological polar surface area (TPSA) is 28.2 Å². The van der Waals surface area contributed by atoms with E-state index in [0.717, 1.165) is 39.1 Å². The SMILES string of the molecule is CCCc1nc(CN2CCNCC2)cs1. The second kappa shape index (κ2) is 5.58. The van der Waals surface area contributed by atoms with Crippen LogP contribution in [0, 0.1) is 0 Å². The van der Waals surface area contributed by atoms with Gasteiger partial charge < -0.3 is 5.32 Å². The predicted molar refractivity (Wildman–Crippen MR) is 64.3 cm³/mol. The smallest absolute Gasteiger partial charge is 0.0928 e. The van der Waals surface area contributed by atoms with Crippen LogP contribution in [0.1, 0.15) is 24.0 Å². The van der Waals surface area contributed by atoms with E-state index in [1.165, 1.54) is 17.1 Å². The largest absolute Gasteiger partial charge is 0.314 e. The van der Waals surface area contributed by atoms with Crippen LogP contribution in [-0.4, -0.2) is 36.1 Å². The molecule has 0 unspecified atom stereocenters. The number of thiazole rings is 1. The van der Waals surface area contributed by atoms with Crippen molar-refractivity contribution in [2.45, 2.75) is 26.3 Å². The van der Waals surface area contributed by atoms with Crippen molar-refractivity contribution in [1.29, 1.82) is 0 Å². The van der Waals surface area contributed by atoms with Gasteiger partial charge in [-0.3, -0.25) is 4.90 Å². The molecule has 0 amide bonds. The number of piperazine rings is 1. The van der Waals surface area contributed by atoms with Gasteiger partial charge in [-0.1, -0.05) is 6.92 Å². The highest BCUT2D eigenvalue weighted by atomic mass is 32.1. The minimum absolute atomic E-state index is 1.03. The first kappa shape index (κ1) is 11.0. The monoisotopic (exact) mass is 225 g/mol. The lowest BCUT2D eigenvalue weighted by atomic mass is 10.3. The lowest BCUT2D eigenvalue weighted by molar-refractivity contribution is 0.231. The van der Waals surface area contributed by atoms with E-state index >= 15 is 0 Å². The van der Waals surface area contributed by atoms with Crippen molar-refractivity contribution >= 4 is 11.3 Å². The summed E-state index contributed by atoms with van der Waals surface area (Å²) in [6.07, 6.45) is 2.33. The van der Waals surface area contributed by atoms with Crippen molar-refractivity contribution < 1.29 is 0 Å². The summed E-state index contributed by atoms with van der Waals surface area (Å²) < 4.78 is 0. The first-order chi connectivity index (χ1) is 7.38. The lowest BCUT2D eigenvalue weighted by Crippen LogP contribution is -2.42. The maximum Gasteiger partial charge on any atom is 0.0928 e. The van der Waals surface area contributed by atoms with Gasteiger partial charge in [-0.2, -0.15) is 0 Å². The Hall–Kier alpha value is -0.450. The van der Waals surface area contributed by atoms with Crippen LogP contribution in [0.2, 0.25) is 0 Å². The van der Waals surface area contributed by atoms with Crippen LogP contribution in [0.25, 0.3) is 0 Å². The summed E-state index contributed by atoms with van der Waals surface area (Å²) in [5.74, 6) is 0. The average Bonchev–Trinajstić information content (AvgIpc) is 2.68. The number of nitrogens with one attached hydrogen (secondary N) is 1. The molecule has 1 saturated heterocycles. The third-order valence-electron chi connectivity index (χ3n) is 2.66. The van der Waals surface area contributed by atoms with Gasteiger partial charge in [-0.15, -0.1) is 11.3 Å². The van der Waals surface area contributed by atoms with Crippen molar-refractivity contribution in [1.82, 2.24) is 15.2 Å². The fraction of sp³-hybridized carbons (Fsp3) is 0.727. The first-order valence-electron chi connectivity index (χ1n) is 5.75. The Morgan fingerprint density at radius 3 is 3.00 bits per heavy atom. The number of aryl methyl sites for hydroxylation is 1. The van der Waals surface area contributed by atoms with Crippen molar-refractivity contribution in [3.8, 4) is 0 Å². The Morgan fingerprint density at radius 1 is 1.47 bits per heavy atom. The van der Waals surface area contributed by atoms with Crippen molar-refractivity contribution in [2.75, 3.05) is 26.2 Å². The van der Waals surface area contributed by atoms with E-state index in [1.807, 2.05) is 11.3 Å². The maximum absolute atomic E-state index is 4.65. The van der Waals surface area contributed by atoms with Gasteiger partial charge in [0, 0.05) is 38.1 Å². The van der Waals surface area contributed by atoms with E-state index in [9.17, 15) is 0 Å². The van der Waals surface area contributed by atoms with Gasteiger partial charge in [-0.25, -0.2) is 4.98 Å². The molecule has 15 heavy (non-hydrogen) atoms. The molecule has 3 nitrogen and oxygen atoms in total. The van der Waals surface area contributed by atoms with Crippen molar-refractivity contribution in [2.24, 2.45) is 0 Å². The Kier molecular flexibility index (Phi) is 4.11. The third-order valence-corrected chi connectivity index (χ3v) is 3.62. The van der Waals surface area contributed by atoms with Gasteiger partial charge in [0.1, 0.15) is 0 Å². The number of hydrogen-bond donors (Lipinski definition) is 1. The Labute approximate surface area is 95.5 Å². The summed E-state index contributed by atoms with van der Waals surface area (Å²) in [6.45, 7) is 7.78. The van der Waals surface area contributed by atoms with Gasteiger partial charge in [0.15, 0.2) is 0 Å². The highest BCUT2D eigenvalue weighted by Gasteiger charge is 2.11. The normalized spacial score (nSPS) is 18.2. The molecule has 1 fully saturated rings. The van der Waals surface area contributed by atoms with Crippen LogP contribution < -0.4 is 5.32 Å². The molecule has 0 atom stereocenters. The molecular formula is C11H19N3S. The van der Waals surface area contributed by atoms with Gasteiger partial charge >= 0.3 is 0 Å². The van der Waals surface area contributed by atoms with E-state index in [1.54, 1.807) is 0 Å². The lowest BCUT2D eigenvalue weighted by Gasteiger charge is -2.26. The van der Waals surface area contributed by atoms with Gasteiger partial charge in [-0.05, 0) is 12.8 Å². The summed E-state index contributed by atoms with van der Waals surface area (Å²) in [6, 6.07) is 0. The highest BCUT2D eigenvalue weighted by molar-refractivity contribution is 7.09. The highest BCUT2D eigenvalue weighted by Crippen LogP contribution is 2.13. The molecular weight excluding hydrogens is 206 g/mol. The van der Waals surface area contributed by atoms with Crippen LogP contribution in [0.5, 0.6) is 0 Å². The number of rotatable bonds is 4. The summed E-state index contributed by atoms with van der Waals surface area (Å²) >= 11 is 1.81. The molecule has 0 aromatic carbocycles. The number of nitrogens with zero attached hydrogens (tertiary/aromatic N) is 2. The van der Waals surface area contributed by atoms with E-state index in [4.69, 9.17) is 0 Å². The van der Waals surface area contributed by atoms with Gasteiger partial charge in [0.2, 0.25) is 0 Å². The molecule has 0 saturated carbocycles. The Balaban J connectivity index is 1.86. The molecule has 84 valence electrons. The molecule has 1 aliphatic rings. The molecule has 0 radical (unpaired) electrons. The minimum atomic E-state index is 1.03. The Bertz CT molecular complexity index is 292. The van der Waals surface area contributed by atoms with E-state index < -0.39 is 0 Å². The first-order valence-corrected chi connectivity index (χ1v) is 6.63. The standard InChI is InChI=1S/C11H19N3S/c1-2-3-11-13-10(9-15-11)8-14-6-4-12-5-7-14/h9,12H,2-8H2,1H3. The van der Waals surface area contributed by atoms with Crippen molar-refractivity contribution in [3.63, 3.8) is 0 Å². The molecule has 1 N–H and O–H groups in total. The molecule has 4 heteroatoms. The van der Waals surface area contributed by atoms with E-state index in [0.29, 0.717) is 0 Å². The van der Waals surface area contributed by atoms with Gasteiger partial charge in [0.25, 0.3) is 0 Å². The molecule has 2 heterocycles. The van der Waals surface area contributed by atoms with E-state index in [2.05, 4.69) is 27.5 Å². The minimum Gasteiger partial charge on any atom is -0.314 e. The predicted octanol–water partition coefficient (Wildman–Crippen LogP) is 1.50. The summed E-state index contributed by atoms with van der Waals surface area (Å²) in [5, 5.41) is 6.88. The molecule has 1 aromatic rings. The second-order valence-electron chi connectivity index (χ2n) is 4.01. The quantitative estimate of drug-likeness (QED) is 0.842. The fourth-order valence-corrected chi connectivity index (χ4v) is 2.74. The van der Waals surface area contributed by atoms with Crippen molar-refractivity contribution in [3.05, 3.63) is 16.1 Å². The fourth-order valence-electron chi connectivity index (χ4n) is 1.85. The van der Waals surface area contributed by atoms with Gasteiger partial charge in [0.05, 0.1) is 10.7 Å². The van der Waals surface area contributed by atoms with Crippen LogP contribution in [0.4, 0.5) is 0 Å². The molecule has 0 aliphatic carbocycles. The summed E-state index contributed by atoms with van der Waals surface area (Å²) in [7, 11) is 0. The zero-order valence-corrected chi connectivity index (χ0v) is 10.1. The second-order valence-corrected chi connectivity index (χ2v) is 4.95. The summed E-state index contributed by atoms with van der Waals surface area (Å²) in [4.78, 5) is 7.12. The zero-order chi connectivity index (χ0) is 10.5. The third kappa shape index (κ3) is 3.26. The average molecular weight is 225 g/mol. The van der Waals surface area contributed by atoms with Crippen LogP contribution in [-0.2, 0) is 13.0 Å². The maximum atomic E-state index is 4.65. The summed E-state index contributed by atoms with van der Waals surface area (Å²) in [5.41, 5.74) is 1.25. The molecule has 1 aliphatic heterocycles. The molecule has 2 rings (SSSR count). The van der Waals surface area contributed by atoms with Crippen LogP contribution in [0.3, 0.4) is 0 Å². The number of hydrogen-bond acceptors (Lipinski definition) is 4. The zero-order valence-electron chi connectivity index (χ0n) is 9.33. The van der Waals surface area contributed by atoms with E-state index in [-0.39, 0.29) is 0 Å². The van der Waals surface area contributed by atoms with Crippen LogP contribution in [0.15, 0.2) is 5.38 Å².